The molecule has 0 radical (unpaired) electrons. The molecule has 2 aliphatic rings. The van der Waals surface area contributed by atoms with E-state index in [1.807, 2.05) is 14.0 Å². The normalized spacial score (nSPS) is 26.4. The summed E-state index contributed by atoms with van der Waals surface area (Å²) in [5.74, 6) is 0.592. The van der Waals surface area contributed by atoms with Crippen LogP contribution < -0.4 is 5.32 Å². The molecular formula is C19H22F3N5O. The van der Waals surface area contributed by atoms with E-state index in [-0.39, 0.29) is 6.04 Å². The highest BCUT2D eigenvalue weighted by atomic mass is 19.4. The zero-order valence-corrected chi connectivity index (χ0v) is 15.7. The van der Waals surface area contributed by atoms with Crippen LogP contribution >= 0.6 is 0 Å². The lowest BCUT2D eigenvalue weighted by Crippen LogP contribution is -2.53. The highest BCUT2D eigenvalue weighted by Gasteiger charge is 2.49. The fraction of sp³-hybridized carbons (Fsp3) is 0.474. The van der Waals surface area contributed by atoms with E-state index in [0.29, 0.717) is 17.1 Å². The minimum atomic E-state index is -4.36. The summed E-state index contributed by atoms with van der Waals surface area (Å²) in [5, 5.41) is 16.8. The highest BCUT2D eigenvalue weighted by molar-refractivity contribution is 5.60. The van der Waals surface area contributed by atoms with Crippen molar-refractivity contribution in [1.29, 1.82) is 0 Å². The van der Waals surface area contributed by atoms with Gasteiger partial charge in [0.1, 0.15) is 11.5 Å². The van der Waals surface area contributed by atoms with Crippen LogP contribution in [0.25, 0.3) is 11.3 Å². The Hall–Kier alpha value is -2.07. The third kappa shape index (κ3) is 3.39. The van der Waals surface area contributed by atoms with Gasteiger partial charge >= 0.3 is 6.18 Å². The molecule has 0 bridgehead atoms. The van der Waals surface area contributed by atoms with Crippen LogP contribution in [0.1, 0.15) is 42.4 Å². The Morgan fingerprint density at radius 2 is 1.89 bits per heavy atom. The summed E-state index contributed by atoms with van der Waals surface area (Å²) >= 11 is 0. The van der Waals surface area contributed by atoms with E-state index in [4.69, 9.17) is 0 Å². The maximum absolute atomic E-state index is 12.8. The lowest BCUT2D eigenvalue weighted by atomic mass is 10.1. The second-order valence-electron chi connectivity index (χ2n) is 7.52. The number of alkyl halides is 3. The Morgan fingerprint density at radius 3 is 2.50 bits per heavy atom. The standard InChI is InChI=1S/C19H22F3N5O/c1-12-11-16(13-3-5-14(6-4-13)19(20,21)22)24-17(23-12)15-7-8-18(25-15)9-10-26(2)27(18)28/h3-6,11,15,25,28H,7-10H2,1-2H3. The average molecular weight is 393 g/mol. The Labute approximate surface area is 160 Å². The van der Waals surface area contributed by atoms with Crippen molar-refractivity contribution in [2.45, 2.75) is 44.1 Å². The first-order valence-corrected chi connectivity index (χ1v) is 9.19. The van der Waals surface area contributed by atoms with Crippen LogP contribution in [-0.4, -0.2) is 44.6 Å². The zero-order chi connectivity index (χ0) is 20.1. The van der Waals surface area contributed by atoms with Gasteiger partial charge in [-0.05, 0) is 44.4 Å². The number of aromatic nitrogens is 2. The Morgan fingerprint density at radius 1 is 1.18 bits per heavy atom. The fourth-order valence-corrected chi connectivity index (χ4v) is 3.99. The van der Waals surface area contributed by atoms with Gasteiger partial charge in [0, 0.05) is 24.8 Å². The highest BCUT2D eigenvalue weighted by Crippen LogP contribution is 2.39. The van der Waals surface area contributed by atoms with Gasteiger partial charge in [0.05, 0.1) is 17.3 Å². The van der Waals surface area contributed by atoms with E-state index in [2.05, 4.69) is 15.3 Å². The van der Waals surface area contributed by atoms with E-state index < -0.39 is 17.4 Å². The number of hydrazine groups is 1. The van der Waals surface area contributed by atoms with E-state index in [1.54, 1.807) is 11.1 Å². The summed E-state index contributed by atoms with van der Waals surface area (Å²) in [6, 6.07) is 6.62. The quantitative estimate of drug-likeness (QED) is 0.814. The Bertz CT molecular complexity index is 873. The van der Waals surface area contributed by atoms with Crippen molar-refractivity contribution in [3.05, 3.63) is 47.4 Å². The van der Waals surface area contributed by atoms with Crippen LogP contribution in [0.4, 0.5) is 13.2 Å². The third-order valence-electron chi connectivity index (χ3n) is 5.54. The first-order chi connectivity index (χ1) is 13.2. The molecule has 2 fully saturated rings. The van der Waals surface area contributed by atoms with Crippen LogP contribution in [0, 0.1) is 6.92 Å². The molecule has 1 aromatic heterocycles. The summed E-state index contributed by atoms with van der Waals surface area (Å²) in [6.45, 7) is 2.59. The average Bonchev–Trinajstić information content (AvgIpc) is 3.21. The van der Waals surface area contributed by atoms with Crippen LogP contribution in [-0.2, 0) is 6.18 Å². The molecule has 2 unspecified atom stereocenters. The van der Waals surface area contributed by atoms with Crippen LogP contribution in [0.15, 0.2) is 30.3 Å². The number of hydrogen-bond acceptors (Lipinski definition) is 6. The summed E-state index contributed by atoms with van der Waals surface area (Å²) < 4.78 is 38.4. The number of rotatable bonds is 2. The molecule has 0 amide bonds. The summed E-state index contributed by atoms with van der Waals surface area (Å²) in [7, 11) is 1.83. The minimum Gasteiger partial charge on any atom is -0.297 e. The second kappa shape index (κ2) is 6.77. The Balaban J connectivity index is 1.60. The first kappa shape index (κ1) is 19.3. The predicted molar refractivity (Wildman–Crippen MR) is 95.9 cm³/mol. The van der Waals surface area contributed by atoms with Crippen LogP contribution in [0.2, 0.25) is 0 Å². The van der Waals surface area contributed by atoms with Gasteiger partial charge in [0.15, 0.2) is 0 Å². The number of nitrogens with zero attached hydrogens (tertiary/aromatic N) is 4. The smallest absolute Gasteiger partial charge is 0.297 e. The zero-order valence-electron chi connectivity index (χ0n) is 15.7. The monoisotopic (exact) mass is 393 g/mol. The molecule has 3 heterocycles. The second-order valence-corrected chi connectivity index (χ2v) is 7.52. The van der Waals surface area contributed by atoms with Gasteiger partial charge in [-0.1, -0.05) is 12.1 Å². The maximum atomic E-state index is 12.8. The molecule has 28 heavy (non-hydrogen) atoms. The molecule has 0 saturated carbocycles. The molecule has 6 nitrogen and oxygen atoms in total. The van der Waals surface area contributed by atoms with E-state index in [0.717, 1.165) is 43.6 Å². The molecule has 150 valence electrons. The lowest BCUT2D eigenvalue weighted by Gasteiger charge is -2.32. The molecule has 2 atom stereocenters. The fourth-order valence-electron chi connectivity index (χ4n) is 3.99. The van der Waals surface area contributed by atoms with Gasteiger partial charge in [0.2, 0.25) is 0 Å². The first-order valence-electron chi connectivity index (χ1n) is 9.19. The van der Waals surface area contributed by atoms with Gasteiger partial charge in [-0.2, -0.15) is 13.2 Å². The van der Waals surface area contributed by atoms with Crippen LogP contribution in [0.3, 0.4) is 0 Å². The number of aryl methyl sites for hydroxylation is 1. The summed E-state index contributed by atoms with van der Waals surface area (Å²) in [5.41, 5.74) is 0.739. The van der Waals surface area contributed by atoms with Gasteiger partial charge in [-0.3, -0.25) is 10.5 Å². The minimum absolute atomic E-state index is 0.130. The molecule has 0 aliphatic carbocycles. The number of halogens is 3. The molecule has 2 aromatic rings. The topological polar surface area (TPSA) is 64.5 Å². The third-order valence-corrected chi connectivity index (χ3v) is 5.54. The van der Waals surface area contributed by atoms with Crippen molar-refractivity contribution in [3.63, 3.8) is 0 Å². The van der Waals surface area contributed by atoms with Gasteiger partial charge < -0.3 is 0 Å². The lowest BCUT2D eigenvalue weighted by molar-refractivity contribution is -0.267. The van der Waals surface area contributed by atoms with Crippen molar-refractivity contribution >= 4 is 0 Å². The molecule has 1 aromatic carbocycles. The van der Waals surface area contributed by atoms with E-state index in [1.165, 1.54) is 17.3 Å². The number of hydrogen-bond donors (Lipinski definition) is 2. The number of hydroxylamine groups is 1. The maximum Gasteiger partial charge on any atom is 0.416 e. The van der Waals surface area contributed by atoms with E-state index >= 15 is 0 Å². The molecule has 2 aliphatic heterocycles. The van der Waals surface area contributed by atoms with E-state index in [9.17, 15) is 18.4 Å². The summed E-state index contributed by atoms with van der Waals surface area (Å²) in [4.78, 5) is 9.14. The molecular weight excluding hydrogens is 371 g/mol. The molecule has 2 N–H and O–H groups in total. The van der Waals surface area contributed by atoms with Crippen molar-refractivity contribution < 1.29 is 18.4 Å². The summed E-state index contributed by atoms with van der Waals surface area (Å²) in [6.07, 6.45) is -2.06. The van der Waals surface area contributed by atoms with Crippen molar-refractivity contribution in [2.24, 2.45) is 0 Å². The number of benzene rings is 1. The van der Waals surface area contributed by atoms with Gasteiger partial charge in [-0.25, -0.2) is 15.0 Å². The van der Waals surface area contributed by atoms with Crippen LogP contribution in [0.5, 0.6) is 0 Å². The van der Waals surface area contributed by atoms with Crippen molar-refractivity contribution in [3.8, 4) is 11.3 Å². The molecule has 1 spiro atoms. The number of nitrogens with one attached hydrogen (secondary N) is 1. The molecule has 9 heteroatoms. The Kier molecular flexibility index (Phi) is 4.65. The SMILES string of the molecule is Cc1cc(-c2ccc(C(F)(F)F)cc2)nc(C2CCC3(CCN(C)N3O)N2)n1. The largest absolute Gasteiger partial charge is 0.416 e. The van der Waals surface area contributed by atoms with Gasteiger partial charge in [-0.15, -0.1) is 5.17 Å². The van der Waals surface area contributed by atoms with Crippen molar-refractivity contribution in [2.75, 3.05) is 13.6 Å². The van der Waals surface area contributed by atoms with Gasteiger partial charge in [0.25, 0.3) is 0 Å². The van der Waals surface area contributed by atoms with Crippen molar-refractivity contribution in [1.82, 2.24) is 25.5 Å². The molecule has 2 saturated heterocycles. The molecule has 4 rings (SSSR count). The predicted octanol–water partition coefficient (Wildman–Crippen LogP) is 3.53.